The first kappa shape index (κ1) is 27.7. The van der Waals surface area contributed by atoms with Gasteiger partial charge in [0, 0.05) is 27.2 Å². The number of allylic oxidation sites excluding steroid dienone is 1. The molecule has 1 aromatic heterocycles. The van der Waals surface area contributed by atoms with Gasteiger partial charge < -0.3 is 24.1 Å². The Morgan fingerprint density at radius 3 is 2.11 bits per heavy atom. The van der Waals surface area contributed by atoms with Gasteiger partial charge in [0.05, 0.1) is 19.3 Å². The van der Waals surface area contributed by atoms with Crippen molar-refractivity contribution in [2.75, 3.05) is 0 Å². The number of nitrogens with zero attached hydrogens (tertiary/aromatic N) is 3. The van der Waals surface area contributed by atoms with Crippen LogP contribution < -0.4 is 0 Å². The van der Waals surface area contributed by atoms with Gasteiger partial charge in [-0.25, -0.2) is 4.68 Å². The molecule has 0 spiro atoms. The van der Waals surface area contributed by atoms with E-state index in [1.54, 1.807) is 6.08 Å². The van der Waals surface area contributed by atoms with Crippen molar-refractivity contribution in [3.63, 3.8) is 0 Å². The lowest BCUT2D eigenvalue weighted by Crippen LogP contribution is -2.62. The summed E-state index contributed by atoms with van der Waals surface area (Å²) in [4.78, 5) is 48.7. The van der Waals surface area contributed by atoms with Crippen LogP contribution in [0.25, 0.3) is 6.08 Å². The zero-order valence-corrected chi connectivity index (χ0v) is 20.7. The number of aliphatic hydroxyl groups is 1. The molecule has 37 heavy (non-hydrogen) atoms. The molecule has 0 bridgehead atoms. The third-order valence-electron chi connectivity index (χ3n) is 5.41. The molecule has 0 unspecified atom stereocenters. The molecule has 1 aromatic carbocycles. The molecule has 12 heteroatoms. The molecule has 0 aliphatic carbocycles. The van der Waals surface area contributed by atoms with Crippen molar-refractivity contribution in [1.29, 1.82) is 0 Å². The van der Waals surface area contributed by atoms with Crippen LogP contribution in [0.1, 0.15) is 38.4 Å². The van der Waals surface area contributed by atoms with Crippen LogP contribution in [0.15, 0.2) is 42.6 Å². The highest BCUT2D eigenvalue weighted by Gasteiger charge is 2.52. The van der Waals surface area contributed by atoms with E-state index < -0.39 is 48.4 Å². The minimum atomic E-state index is -1.26. The largest absolute Gasteiger partial charge is 0.456 e. The van der Waals surface area contributed by atoms with Gasteiger partial charge in [-0.1, -0.05) is 41.6 Å². The van der Waals surface area contributed by atoms with E-state index in [1.807, 2.05) is 30.3 Å². The highest BCUT2D eigenvalue weighted by molar-refractivity contribution is 5.94. The first-order chi connectivity index (χ1) is 17.7. The Morgan fingerprint density at radius 2 is 1.54 bits per heavy atom. The van der Waals surface area contributed by atoms with Gasteiger partial charge >= 0.3 is 17.9 Å². The van der Waals surface area contributed by atoms with Gasteiger partial charge in [0.1, 0.15) is 17.9 Å². The molecule has 3 rings (SSSR count). The summed E-state index contributed by atoms with van der Waals surface area (Å²) in [7, 11) is 0. The summed E-state index contributed by atoms with van der Waals surface area (Å²) in [5, 5.41) is 17.0. The van der Waals surface area contributed by atoms with Crippen LogP contribution in [0, 0.1) is 0 Å². The molecule has 1 aliphatic heterocycles. The summed E-state index contributed by atoms with van der Waals surface area (Å²) < 4.78 is 23.9. The van der Waals surface area contributed by atoms with Crippen LogP contribution in [0.5, 0.6) is 0 Å². The summed E-state index contributed by atoms with van der Waals surface area (Å²) in [6.45, 7) is 3.13. The van der Waals surface area contributed by atoms with Gasteiger partial charge in [-0.3, -0.25) is 19.2 Å². The van der Waals surface area contributed by atoms with Crippen LogP contribution in [0.4, 0.5) is 0 Å². The normalized spacial score (nSPS) is 23.4. The first-order valence-corrected chi connectivity index (χ1v) is 11.6. The maximum Gasteiger partial charge on any atom is 0.303 e. The molecule has 12 nitrogen and oxygen atoms in total. The molecular formula is C25H29N3O9. The van der Waals surface area contributed by atoms with Gasteiger partial charge in [-0.2, -0.15) is 0 Å². The molecule has 1 saturated heterocycles. The number of carbonyl (C=O) groups excluding carboxylic acids is 4. The van der Waals surface area contributed by atoms with Crippen LogP contribution in [0.3, 0.4) is 0 Å². The van der Waals surface area contributed by atoms with Crippen LogP contribution in [-0.2, 0) is 51.3 Å². The van der Waals surface area contributed by atoms with E-state index in [1.165, 1.54) is 23.9 Å². The SMILES string of the molecule is CC(=O)O[C@@H]1[C@@H](OC(C)=O)[C@@H](CC(=O)/C=C/c2ccccc2)O[C@H](Cn2cc(CO)nn2)[C@H]1OC(C)=O. The number of hydrogen-bond donors (Lipinski definition) is 1. The van der Waals surface area contributed by atoms with E-state index in [2.05, 4.69) is 10.3 Å². The zero-order chi connectivity index (χ0) is 26.9. The topological polar surface area (TPSA) is 156 Å². The lowest BCUT2D eigenvalue weighted by Gasteiger charge is -2.44. The van der Waals surface area contributed by atoms with E-state index in [0.717, 1.165) is 19.4 Å². The molecular weight excluding hydrogens is 486 g/mol. The molecule has 1 fully saturated rings. The van der Waals surface area contributed by atoms with Crippen molar-refractivity contribution < 1.29 is 43.2 Å². The standard InChI is InChI=1S/C25H29N3O9/c1-15(30)34-23-21(11-20(33)10-9-18-7-5-4-6-8-18)37-22(13-28-12-19(14-29)26-27-28)24(35-16(2)31)25(23)36-17(3)32/h4-10,12,21-25,29H,11,13-14H2,1-3H3/b10-9+/t21-,22-,23+,24-,25-/m1/s1. The molecule has 0 saturated carbocycles. The van der Waals surface area contributed by atoms with E-state index in [-0.39, 0.29) is 25.4 Å². The zero-order valence-electron chi connectivity index (χ0n) is 20.7. The number of ketones is 1. The van der Waals surface area contributed by atoms with Crippen LogP contribution in [0.2, 0.25) is 0 Å². The average molecular weight is 516 g/mol. The van der Waals surface area contributed by atoms with Gasteiger partial charge in [-0.15, -0.1) is 5.10 Å². The third-order valence-corrected chi connectivity index (χ3v) is 5.41. The summed E-state index contributed by atoms with van der Waals surface area (Å²) >= 11 is 0. The van der Waals surface area contributed by atoms with Crippen molar-refractivity contribution in [3.05, 3.63) is 53.9 Å². The fourth-order valence-electron chi connectivity index (χ4n) is 4.00. The van der Waals surface area contributed by atoms with Crippen molar-refractivity contribution in [3.8, 4) is 0 Å². The Balaban J connectivity index is 1.93. The summed E-state index contributed by atoms with van der Waals surface area (Å²) in [6, 6.07) is 9.18. The second-order valence-electron chi connectivity index (χ2n) is 8.44. The van der Waals surface area contributed by atoms with Crippen molar-refractivity contribution in [2.24, 2.45) is 0 Å². The lowest BCUT2D eigenvalue weighted by atomic mass is 9.91. The summed E-state index contributed by atoms with van der Waals surface area (Å²) in [6.07, 6.45) is -1.44. The number of esters is 3. The van der Waals surface area contributed by atoms with E-state index in [0.29, 0.717) is 5.69 Å². The summed E-state index contributed by atoms with van der Waals surface area (Å²) in [5.41, 5.74) is 1.11. The maximum absolute atomic E-state index is 12.9. The quantitative estimate of drug-likeness (QED) is 0.274. The third kappa shape index (κ3) is 8.05. The number of carbonyl (C=O) groups is 4. The molecule has 0 amide bonds. The minimum absolute atomic E-state index is 0.0277. The van der Waals surface area contributed by atoms with Crippen molar-refractivity contribution in [1.82, 2.24) is 15.0 Å². The number of aliphatic hydroxyl groups excluding tert-OH is 1. The lowest BCUT2D eigenvalue weighted by molar-refractivity contribution is -0.249. The Hall–Kier alpha value is -3.90. The van der Waals surface area contributed by atoms with E-state index in [4.69, 9.17) is 18.9 Å². The number of aromatic nitrogens is 3. The number of ether oxygens (including phenoxy) is 4. The maximum atomic E-state index is 12.9. The fraction of sp³-hybridized carbons (Fsp3) is 0.440. The van der Waals surface area contributed by atoms with Crippen LogP contribution >= 0.6 is 0 Å². The average Bonchev–Trinajstić information content (AvgIpc) is 3.30. The second kappa shape index (κ2) is 12.9. The van der Waals surface area contributed by atoms with Gasteiger partial charge in [0.15, 0.2) is 24.1 Å². The predicted octanol–water partition coefficient (Wildman–Crippen LogP) is 1.01. The Labute approximate surface area is 213 Å². The molecule has 1 N–H and O–H groups in total. The molecule has 2 aromatic rings. The number of rotatable bonds is 10. The monoisotopic (exact) mass is 515 g/mol. The molecule has 2 heterocycles. The predicted molar refractivity (Wildman–Crippen MR) is 126 cm³/mol. The highest BCUT2D eigenvalue weighted by atomic mass is 16.6. The molecule has 0 radical (unpaired) electrons. The second-order valence-corrected chi connectivity index (χ2v) is 8.44. The Morgan fingerprint density at radius 1 is 0.946 bits per heavy atom. The number of benzene rings is 1. The summed E-state index contributed by atoms with van der Waals surface area (Å²) in [5.74, 6) is -2.43. The Bertz CT molecular complexity index is 1130. The van der Waals surface area contributed by atoms with Gasteiger partial charge in [0.25, 0.3) is 0 Å². The van der Waals surface area contributed by atoms with E-state index in [9.17, 15) is 24.3 Å². The smallest absolute Gasteiger partial charge is 0.303 e. The first-order valence-electron chi connectivity index (χ1n) is 11.6. The van der Waals surface area contributed by atoms with Crippen molar-refractivity contribution in [2.45, 2.75) is 70.9 Å². The Kier molecular flexibility index (Phi) is 9.64. The molecule has 198 valence electrons. The van der Waals surface area contributed by atoms with Crippen molar-refractivity contribution >= 4 is 29.8 Å². The highest BCUT2D eigenvalue weighted by Crippen LogP contribution is 2.31. The van der Waals surface area contributed by atoms with Gasteiger partial charge in [-0.05, 0) is 11.6 Å². The number of hydrogen-bond acceptors (Lipinski definition) is 11. The van der Waals surface area contributed by atoms with E-state index >= 15 is 0 Å². The molecule has 5 atom stereocenters. The molecule has 1 aliphatic rings. The fourth-order valence-corrected chi connectivity index (χ4v) is 4.00. The van der Waals surface area contributed by atoms with Gasteiger partial charge in [0.2, 0.25) is 0 Å². The van der Waals surface area contributed by atoms with Crippen LogP contribution in [-0.4, -0.2) is 74.3 Å². The minimum Gasteiger partial charge on any atom is -0.456 e.